The highest BCUT2D eigenvalue weighted by Gasteiger charge is 2.09. The van der Waals surface area contributed by atoms with Gasteiger partial charge in [0, 0.05) is 24.7 Å². The highest BCUT2D eigenvalue weighted by Crippen LogP contribution is 2.17. The number of nitrogens with zero attached hydrogens (tertiary/aromatic N) is 2. The minimum atomic E-state index is -0.754. The first kappa shape index (κ1) is 22.0. The van der Waals surface area contributed by atoms with Crippen molar-refractivity contribution >= 4 is 40.8 Å². The highest BCUT2D eigenvalue weighted by molar-refractivity contribution is 14.0. The van der Waals surface area contributed by atoms with Gasteiger partial charge >= 0.3 is 0 Å². The number of aliphatic hydroxyl groups excluding tert-OH is 1. The maximum absolute atomic E-state index is 13.0. The standard InChI is InChI=1S/C21H23FN4O.HI/c1-2-23-21(26-14-20(27)15-7-9-17(22)10-8-15)25-13-16-11-12-24-19-6-4-3-5-18(16)19;/h3-12,20,27H,2,13-14H2,1H3,(H2,23,25,26);1H. The Hall–Kier alpha value is -2.26. The molecule has 0 radical (unpaired) electrons. The summed E-state index contributed by atoms with van der Waals surface area (Å²) in [5, 5.41) is 17.7. The first-order valence-corrected chi connectivity index (χ1v) is 8.95. The number of pyridine rings is 1. The fraction of sp³-hybridized carbons (Fsp3) is 0.238. The summed E-state index contributed by atoms with van der Waals surface area (Å²) in [6.45, 7) is 3.45. The molecule has 1 heterocycles. The van der Waals surface area contributed by atoms with E-state index in [-0.39, 0.29) is 36.3 Å². The van der Waals surface area contributed by atoms with Crippen molar-refractivity contribution in [1.82, 2.24) is 15.6 Å². The molecule has 3 rings (SSSR count). The molecule has 0 spiro atoms. The van der Waals surface area contributed by atoms with Crippen LogP contribution < -0.4 is 10.6 Å². The lowest BCUT2D eigenvalue weighted by Gasteiger charge is -2.15. The van der Waals surface area contributed by atoms with Crippen LogP contribution in [0.3, 0.4) is 0 Å². The number of aliphatic hydroxyl groups is 1. The van der Waals surface area contributed by atoms with Crippen molar-refractivity contribution in [3.63, 3.8) is 0 Å². The van der Waals surface area contributed by atoms with E-state index in [4.69, 9.17) is 0 Å². The number of para-hydroxylation sites is 1. The Morgan fingerprint density at radius 1 is 1.11 bits per heavy atom. The molecule has 2 aromatic carbocycles. The quantitative estimate of drug-likeness (QED) is 0.277. The van der Waals surface area contributed by atoms with E-state index in [2.05, 4.69) is 20.6 Å². The monoisotopic (exact) mass is 494 g/mol. The molecule has 0 aliphatic rings. The van der Waals surface area contributed by atoms with Crippen molar-refractivity contribution in [3.8, 4) is 0 Å². The van der Waals surface area contributed by atoms with Crippen LogP contribution in [0.15, 0.2) is 65.8 Å². The lowest BCUT2D eigenvalue weighted by Crippen LogP contribution is -2.39. The van der Waals surface area contributed by atoms with Crippen molar-refractivity contribution in [2.24, 2.45) is 4.99 Å². The summed E-state index contributed by atoms with van der Waals surface area (Å²) >= 11 is 0. The summed E-state index contributed by atoms with van der Waals surface area (Å²) in [5.74, 6) is 0.290. The van der Waals surface area contributed by atoms with Crippen LogP contribution in [0.1, 0.15) is 24.2 Å². The molecule has 148 valence electrons. The first-order chi connectivity index (χ1) is 13.2. The van der Waals surface area contributed by atoms with Crippen LogP contribution in [0.25, 0.3) is 10.9 Å². The lowest BCUT2D eigenvalue weighted by molar-refractivity contribution is 0.180. The van der Waals surface area contributed by atoms with E-state index in [1.165, 1.54) is 12.1 Å². The van der Waals surface area contributed by atoms with E-state index in [0.717, 1.165) is 16.5 Å². The SMILES string of the molecule is CCNC(=NCc1ccnc2ccccc12)NCC(O)c1ccc(F)cc1.I. The molecular weight excluding hydrogens is 470 g/mol. The van der Waals surface area contributed by atoms with Crippen molar-refractivity contribution in [3.05, 3.63) is 77.7 Å². The van der Waals surface area contributed by atoms with Crippen LogP contribution in [0.2, 0.25) is 0 Å². The first-order valence-electron chi connectivity index (χ1n) is 8.95. The Morgan fingerprint density at radius 3 is 2.61 bits per heavy atom. The van der Waals surface area contributed by atoms with Crippen LogP contribution in [0.4, 0.5) is 4.39 Å². The van der Waals surface area contributed by atoms with Crippen LogP contribution in [-0.2, 0) is 6.54 Å². The Kier molecular flexibility index (Phi) is 8.59. The van der Waals surface area contributed by atoms with Crippen LogP contribution in [0.5, 0.6) is 0 Å². The normalized spacial score (nSPS) is 12.3. The van der Waals surface area contributed by atoms with Crippen molar-refractivity contribution < 1.29 is 9.50 Å². The van der Waals surface area contributed by atoms with Gasteiger partial charge in [-0.3, -0.25) is 4.98 Å². The van der Waals surface area contributed by atoms with Gasteiger partial charge < -0.3 is 15.7 Å². The second kappa shape index (κ2) is 10.9. The molecule has 0 saturated heterocycles. The highest BCUT2D eigenvalue weighted by atomic mass is 127. The van der Waals surface area contributed by atoms with Gasteiger partial charge in [-0.2, -0.15) is 0 Å². The number of aromatic nitrogens is 1. The topological polar surface area (TPSA) is 69.5 Å². The number of nitrogens with one attached hydrogen (secondary N) is 2. The van der Waals surface area contributed by atoms with Gasteiger partial charge in [-0.25, -0.2) is 9.38 Å². The molecule has 7 heteroatoms. The van der Waals surface area contributed by atoms with Gasteiger partial charge in [-0.1, -0.05) is 30.3 Å². The fourth-order valence-corrected chi connectivity index (χ4v) is 2.80. The van der Waals surface area contributed by atoms with Crippen molar-refractivity contribution in [1.29, 1.82) is 0 Å². The van der Waals surface area contributed by atoms with E-state index in [9.17, 15) is 9.50 Å². The molecule has 0 saturated carbocycles. The second-order valence-corrected chi connectivity index (χ2v) is 6.13. The molecule has 28 heavy (non-hydrogen) atoms. The molecule has 0 fully saturated rings. The third kappa shape index (κ3) is 5.87. The Labute approximate surface area is 181 Å². The zero-order valence-corrected chi connectivity index (χ0v) is 17.9. The molecule has 0 bridgehead atoms. The third-order valence-corrected chi connectivity index (χ3v) is 4.21. The minimum Gasteiger partial charge on any atom is -0.387 e. The van der Waals surface area contributed by atoms with Gasteiger partial charge in [0.2, 0.25) is 0 Å². The maximum atomic E-state index is 13.0. The summed E-state index contributed by atoms with van der Waals surface area (Å²) in [5.41, 5.74) is 2.67. The summed E-state index contributed by atoms with van der Waals surface area (Å²) < 4.78 is 13.0. The molecule has 3 N–H and O–H groups in total. The largest absolute Gasteiger partial charge is 0.387 e. The second-order valence-electron chi connectivity index (χ2n) is 6.13. The Morgan fingerprint density at radius 2 is 1.86 bits per heavy atom. The van der Waals surface area contributed by atoms with E-state index >= 15 is 0 Å². The number of fused-ring (bicyclic) bond motifs is 1. The van der Waals surface area contributed by atoms with E-state index in [1.807, 2.05) is 37.3 Å². The van der Waals surface area contributed by atoms with Crippen LogP contribution in [0, 0.1) is 5.82 Å². The van der Waals surface area contributed by atoms with E-state index in [1.54, 1.807) is 18.3 Å². The zero-order valence-electron chi connectivity index (χ0n) is 15.6. The summed E-state index contributed by atoms with van der Waals surface area (Å²) in [7, 11) is 0. The molecule has 0 amide bonds. The average Bonchev–Trinajstić information content (AvgIpc) is 2.70. The minimum absolute atomic E-state index is 0. The van der Waals surface area contributed by atoms with Gasteiger partial charge in [0.05, 0.1) is 18.2 Å². The Bertz CT molecular complexity index is 912. The van der Waals surface area contributed by atoms with Crippen molar-refractivity contribution in [2.75, 3.05) is 13.1 Å². The van der Waals surface area contributed by atoms with Gasteiger partial charge in [0.1, 0.15) is 5.82 Å². The molecule has 0 aliphatic heterocycles. The number of guanidine groups is 1. The van der Waals surface area contributed by atoms with Crippen molar-refractivity contribution in [2.45, 2.75) is 19.6 Å². The van der Waals surface area contributed by atoms with Gasteiger partial charge in [0.25, 0.3) is 0 Å². The van der Waals surface area contributed by atoms with E-state index in [0.29, 0.717) is 24.6 Å². The average molecular weight is 494 g/mol. The number of rotatable bonds is 6. The molecule has 1 aromatic heterocycles. The Balaban J connectivity index is 0.00000280. The maximum Gasteiger partial charge on any atom is 0.191 e. The number of halogens is 2. The smallest absolute Gasteiger partial charge is 0.191 e. The lowest BCUT2D eigenvalue weighted by atomic mass is 10.1. The predicted molar refractivity (Wildman–Crippen MR) is 121 cm³/mol. The third-order valence-electron chi connectivity index (χ3n) is 4.21. The molecule has 3 aromatic rings. The molecule has 0 aliphatic carbocycles. The molecule has 1 unspecified atom stereocenters. The molecule has 5 nitrogen and oxygen atoms in total. The van der Waals surface area contributed by atoms with Crippen LogP contribution >= 0.6 is 24.0 Å². The summed E-state index contributed by atoms with van der Waals surface area (Å²) in [6, 6.07) is 15.8. The zero-order chi connectivity index (χ0) is 19.1. The fourth-order valence-electron chi connectivity index (χ4n) is 2.80. The van der Waals surface area contributed by atoms with Gasteiger partial charge in [0.15, 0.2) is 5.96 Å². The number of aliphatic imine (C=N–C) groups is 1. The van der Waals surface area contributed by atoms with E-state index < -0.39 is 6.10 Å². The molecular formula is C21H24FIN4O. The molecule has 1 atom stereocenters. The number of hydrogen-bond acceptors (Lipinski definition) is 3. The van der Waals surface area contributed by atoms with Gasteiger partial charge in [-0.05, 0) is 42.3 Å². The van der Waals surface area contributed by atoms with Crippen LogP contribution in [-0.4, -0.2) is 29.1 Å². The van der Waals surface area contributed by atoms with Gasteiger partial charge in [-0.15, -0.1) is 24.0 Å². The number of hydrogen-bond donors (Lipinski definition) is 3. The number of benzene rings is 2. The predicted octanol–water partition coefficient (Wildman–Crippen LogP) is 3.78. The summed E-state index contributed by atoms with van der Waals surface area (Å²) in [6.07, 6.45) is 1.03. The summed E-state index contributed by atoms with van der Waals surface area (Å²) in [4.78, 5) is 8.97.